The van der Waals surface area contributed by atoms with E-state index in [2.05, 4.69) is 10.1 Å². The van der Waals surface area contributed by atoms with E-state index in [0.29, 0.717) is 18.3 Å². The van der Waals surface area contributed by atoms with E-state index >= 15 is 0 Å². The lowest BCUT2D eigenvalue weighted by Gasteiger charge is -2.19. The maximum atomic E-state index is 12.3. The van der Waals surface area contributed by atoms with Gasteiger partial charge in [0.05, 0.1) is 6.54 Å². The van der Waals surface area contributed by atoms with Crippen LogP contribution in [-0.4, -0.2) is 27.0 Å². The summed E-state index contributed by atoms with van der Waals surface area (Å²) in [4.78, 5) is 18.3. The van der Waals surface area contributed by atoms with E-state index in [1.807, 2.05) is 36.9 Å². The van der Waals surface area contributed by atoms with Crippen molar-refractivity contribution in [3.05, 3.63) is 35.2 Å². The molecule has 3 rings (SSSR count). The fourth-order valence-corrected chi connectivity index (χ4v) is 2.33. The van der Waals surface area contributed by atoms with E-state index in [9.17, 15) is 4.79 Å². The lowest BCUT2D eigenvalue weighted by atomic mass is 10.1. The molecule has 2 heterocycles. The Morgan fingerprint density at radius 1 is 1.45 bits per heavy atom. The normalized spacial score (nSPS) is 14.2. The van der Waals surface area contributed by atoms with Gasteiger partial charge in [-0.2, -0.15) is 4.98 Å². The Labute approximate surface area is 116 Å². The molecule has 0 fully saturated rings. The van der Waals surface area contributed by atoms with Crippen molar-refractivity contribution in [3.63, 3.8) is 0 Å². The van der Waals surface area contributed by atoms with Gasteiger partial charge in [-0.3, -0.25) is 4.79 Å². The third-order valence-corrected chi connectivity index (χ3v) is 3.47. The first-order valence-corrected chi connectivity index (χ1v) is 6.57. The molecule has 0 spiro atoms. The molecule has 1 aliphatic rings. The van der Waals surface area contributed by atoms with Gasteiger partial charge in [-0.1, -0.05) is 17.3 Å². The lowest BCUT2D eigenvalue weighted by Crippen LogP contribution is -2.30. The van der Waals surface area contributed by atoms with Gasteiger partial charge in [-0.15, -0.1) is 0 Å². The molecule has 0 radical (unpaired) electrons. The zero-order chi connectivity index (χ0) is 14.3. The van der Waals surface area contributed by atoms with Crippen LogP contribution in [0.3, 0.4) is 0 Å². The van der Waals surface area contributed by atoms with E-state index in [-0.39, 0.29) is 18.5 Å². The molecule has 6 nitrogen and oxygen atoms in total. The molecule has 0 saturated heterocycles. The molecule has 20 heavy (non-hydrogen) atoms. The highest BCUT2D eigenvalue weighted by atomic mass is 16.5. The Bertz CT molecular complexity index is 663. The number of fused-ring (bicyclic) bond motifs is 1. The number of nitrogens with two attached hydrogens (primary N) is 1. The molecule has 0 bridgehead atoms. The van der Waals surface area contributed by atoms with Crippen LogP contribution in [-0.2, 0) is 13.1 Å². The lowest BCUT2D eigenvalue weighted by molar-refractivity contribution is 0.0730. The minimum absolute atomic E-state index is 0.0550. The van der Waals surface area contributed by atoms with E-state index in [0.717, 1.165) is 16.7 Å². The van der Waals surface area contributed by atoms with Gasteiger partial charge in [0.25, 0.3) is 5.91 Å². The van der Waals surface area contributed by atoms with Gasteiger partial charge in [0.1, 0.15) is 0 Å². The Balaban J connectivity index is 1.97. The van der Waals surface area contributed by atoms with Crippen molar-refractivity contribution in [1.29, 1.82) is 0 Å². The smallest absolute Gasteiger partial charge is 0.254 e. The second-order valence-electron chi connectivity index (χ2n) is 5.11. The Hall–Kier alpha value is -2.21. The van der Waals surface area contributed by atoms with Crippen molar-refractivity contribution in [1.82, 2.24) is 15.0 Å². The number of carbonyl (C=O) groups is 1. The average Bonchev–Trinajstić information content (AvgIpc) is 3.03. The van der Waals surface area contributed by atoms with Crippen molar-refractivity contribution >= 4 is 5.91 Å². The van der Waals surface area contributed by atoms with Crippen molar-refractivity contribution in [2.45, 2.75) is 33.0 Å². The third kappa shape index (κ3) is 1.98. The highest BCUT2D eigenvalue weighted by Crippen LogP contribution is 2.28. The summed E-state index contributed by atoms with van der Waals surface area (Å²) < 4.78 is 4.99. The van der Waals surface area contributed by atoms with Crippen molar-refractivity contribution in [2.75, 3.05) is 0 Å². The fourth-order valence-electron chi connectivity index (χ4n) is 2.33. The fraction of sp³-hybridized carbons (Fsp3) is 0.357. The molecule has 1 aromatic heterocycles. The Kier molecular flexibility index (Phi) is 3.02. The minimum Gasteiger partial charge on any atom is -0.338 e. The maximum Gasteiger partial charge on any atom is 0.254 e. The molecule has 104 valence electrons. The zero-order valence-electron chi connectivity index (χ0n) is 11.5. The van der Waals surface area contributed by atoms with Gasteiger partial charge in [0.2, 0.25) is 11.7 Å². The van der Waals surface area contributed by atoms with Crippen LogP contribution in [0.25, 0.3) is 11.4 Å². The summed E-state index contributed by atoms with van der Waals surface area (Å²) in [6.07, 6.45) is 0. The van der Waals surface area contributed by atoms with Crippen LogP contribution in [0.1, 0.15) is 35.7 Å². The SMILES string of the molecule is CC(C)N1Cc2ccc(-c3noc(CN)n3)cc2C1=O. The zero-order valence-corrected chi connectivity index (χ0v) is 11.5. The largest absolute Gasteiger partial charge is 0.338 e. The number of nitrogens with zero attached hydrogens (tertiary/aromatic N) is 3. The number of hydrogen-bond donors (Lipinski definition) is 1. The summed E-state index contributed by atoms with van der Waals surface area (Å²) >= 11 is 0. The number of aromatic nitrogens is 2. The van der Waals surface area contributed by atoms with E-state index in [1.54, 1.807) is 0 Å². The summed E-state index contributed by atoms with van der Waals surface area (Å²) in [5.41, 5.74) is 7.97. The van der Waals surface area contributed by atoms with Crippen molar-refractivity contribution < 1.29 is 9.32 Å². The minimum atomic E-state index is 0.0550. The van der Waals surface area contributed by atoms with E-state index in [1.165, 1.54) is 0 Å². The van der Waals surface area contributed by atoms with Gasteiger partial charge >= 0.3 is 0 Å². The van der Waals surface area contributed by atoms with Crippen LogP contribution in [0.15, 0.2) is 22.7 Å². The summed E-state index contributed by atoms with van der Waals surface area (Å²) in [7, 11) is 0. The molecular weight excluding hydrogens is 256 g/mol. The quantitative estimate of drug-likeness (QED) is 0.916. The average molecular weight is 272 g/mol. The first-order chi connectivity index (χ1) is 9.60. The van der Waals surface area contributed by atoms with Crippen LogP contribution in [0.4, 0.5) is 0 Å². The van der Waals surface area contributed by atoms with Crippen LogP contribution in [0.2, 0.25) is 0 Å². The summed E-state index contributed by atoms with van der Waals surface area (Å²) in [6.45, 7) is 4.89. The van der Waals surface area contributed by atoms with Crippen LogP contribution in [0, 0.1) is 0 Å². The van der Waals surface area contributed by atoms with Gasteiger partial charge in [-0.25, -0.2) is 0 Å². The molecule has 2 aromatic rings. The molecule has 6 heteroatoms. The summed E-state index contributed by atoms with van der Waals surface area (Å²) in [6, 6.07) is 5.86. The molecule has 0 saturated carbocycles. The number of amides is 1. The molecule has 1 aromatic carbocycles. The molecule has 0 aliphatic carbocycles. The van der Waals surface area contributed by atoms with Gasteiger partial charge in [0, 0.05) is 23.7 Å². The Morgan fingerprint density at radius 2 is 2.25 bits per heavy atom. The van der Waals surface area contributed by atoms with E-state index < -0.39 is 0 Å². The molecule has 1 amide bonds. The highest BCUT2D eigenvalue weighted by molar-refractivity contribution is 5.99. The van der Waals surface area contributed by atoms with Crippen molar-refractivity contribution in [3.8, 4) is 11.4 Å². The predicted molar refractivity (Wildman–Crippen MR) is 72.6 cm³/mol. The molecule has 0 atom stereocenters. The number of carbonyl (C=O) groups excluding carboxylic acids is 1. The predicted octanol–water partition coefficient (Wildman–Crippen LogP) is 1.56. The number of rotatable bonds is 3. The summed E-state index contributed by atoms with van der Waals surface area (Å²) in [5, 5.41) is 3.87. The van der Waals surface area contributed by atoms with Gasteiger partial charge in [0.15, 0.2) is 0 Å². The molecular formula is C14H16N4O2. The van der Waals surface area contributed by atoms with Crippen LogP contribution >= 0.6 is 0 Å². The topological polar surface area (TPSA) is 85.2 Å². The van der Waals surface area contributed by atoms with Gasteiger partial charge < -0.3 is 15.2 Å². The highest BCUT2D eigenvalue weighted by Gasteiger charge is 2.29. The first-order valence-electron chi connectivity index (χ1n) is 6.57. The van der Waals surface area contributed by atoms with E-state index in [4.69, 9.17) is 10.3 Å². The first kappa shape index (κ1) is 12.8. The number of benzene rings is 1. The molecule has 1 aliphatic heterocycles. The molecule has 0 unspecified atom stereocenters. The Morgan fingerprint density at radius 3 is 2.90 bits per heavy atom. The monoisotopic (exact) mass is 272 g/mol. The standard InChI is InChI=1S/C14H16N4O2/c1-8(2)18-7-10-4-3-9(5-11(10)14(18)19)13-16-12(6-15)20-17-13/h3-5,8H,6-7,15H2,1-2H3. The maximum absolute atomic E-state index is 12.3. The van der Waals surface area contributed by atoms with Crippen LogP contribution in [0.5, 0.6) is 0 Å². The third-order valence-electron chi connectivity index (χ3n) is 3.47. The summed E-state index contributed by atoms with van der Waals surface area (Å²) in [5.74, 6) is 0.902. The molecule has 2 N–H and O–H groups in total. The van der Waals surface area contributed by atoms with Crippen LogP contribution < -0.4 is 5.73 Å². The number of hydrogen-bond acceptors (Lipinski definition) is 5. The van der Waals surface area contributed by atoms with Gasteiger partial charge in [-0.05, 0) is 25.5 Å². The van der Waals surface area contributed by atoms with Crippen molar-refractivity contribution in [2.24, 2.45) is 5.73 Å². The second kappa shape index (κ2) is 4.72. The second-order valence-corrected chi connectivity index (χ2v) is 5.11.